The molecule has 0 radical (unpaired) electrons. The summed E-state index contributed by atoms with van der Waals surface area (Å²) in [6.45, 7) is 0. The Bertz CT molecular complexity index is 508. The fraction of sp³-hybridized carbons (Fsp3) is 0.632. The maximum absolute atomic E-state index is 13.4. The normalized spacial score (nSPS) is 31.5. The topological polar surface area (TPSA) is 17.1 Å². The number of hydrogen-bond donors (Lipinski definition) is 0. The first-order valence-electron chi connectivity index (χ1n) is 8.55. The first-order valence-corrected chi connectivity index (χ1v) is 8.55. The van der Waals surface area contributed by atoms with Gasteiger partial charge in [0.1, 0.15) is 17.9 Å². The Balaban J connectivity index is 1.62. The fourth-order valence-electron chi connectivity index (χ4n) is 4.67. The van der Waals surface area contributed by atoms with Crippen LogP contribution >= 0.6 is 0 Å². The second-order valence-corrected chi connectivity index (χ2v) is 7.16. The molecular weight excluding hydrogens is 282 g/mol. The zero-order chi connectivity index (χ0) is 15.5. The predicted octanol–water partition coefficient (Wildman–Crippen LogP) is 5.24. The Hall–Kier alpha value is -1.25. The van der Waals surface area contributed by atoms with E-state index < -0.39 is 11.6 Å². The summed E-state index contributed by atoms with van der Waals surface area (Å²) >= 11 is 0. The number of halogens is 2. The minimum Gasteiger partial charge on any atom is -0.303 e. The molecule has 2 aliphatic carbocycles. The Labute approximate surface area is 131 Å². The highest BCUT2D eigenvalue weighted by Gasteiger charge is 2.35. The molecule has 1 aromatic carbocycles. The summed E-state index contributed by atoms with van der Waals surface area (Å²) in [5.74, 6) is 1.52. The van der Waals surface area contributed by atoms with Crippen LogP contribution in [-0.2, 0) is 4.79 Å². The minimum atomic E-state index is -0.463. The lowest BCUT2D eigenvalue weighted by Gasteiger charge is -2.42. The van der Waals surface area contributed by atoms with Crippen LogP contribution in [0, 0.1) is 29.4 Å². The predicted molar refractivity (Wildman–Crippen MR) is 82.6 cm³/mol. The van der Waals surface area contributed by atoms with Crippen LogP contribution in [0.2, 0.25) is 0 Å². The van der Waals surface area contributed by atoms with E-state index in [1.54, 1.807) is 0 Å². The third-order valence-electron chi connectivity index (χ3n) is 5.77. The van der Waals surface area contributed by atoms with Gasteiger partial charge in [-0.05, 0) is 79.9 Å². The molecule has 0 heterocycles. The molecule has 1 aromatic rings. The number of benzene rings is 1. The monoisotopic (exact) mass is 306 g/mol. The van der Waals surface area contributed by atoms with E-state index >= 15 is 0 Å². The first-order chi connectivity index (χ1) is 10.7. The van der Waals surface area contributed by atoms with Gasteiger partial charge < -0.3 is 4.79 Å². The van der Waals surface area contributed by atoms with Crippen LogP contribution in [0.15, 0.2) is 18.2 Å². The van der Waals surface area contributed by atoms with E-state index in [1.165, 1.54) is 31.4 Å². The fourth-order valence-corrected chi connectivity index (χ4v) is 4.67. The van der Waals surface area contributed by atoms with Crippen LogP contribution in [0.4, 0.5) is 8.78 Å². The molecule has 2 aliphatic rings. The van der Waals surface area contributed by atoms with Crippen molar-refractivity contribution in [3.05, 3.63) is 35.4 Å². The smallest absolute Gasteiger partial charge is 0.126 e. The summed E-state index contributed by atoms with van der Waals surface area (Å²) in [4.78, 5) is 10.5. The highest BCUT2D eigenvalue weighted by atomic mass is 19.1. The van der Waals surface area contributed by atoms with E-state index in [0.717, 1.165) is 49.5 Å². The molecule has 0 N–H and O–H groups in total. The van der Waals surface area contributed by atoms with Gasteiger partial charge in [-0.2, -0.15) is 0 Å². The lowest BCUT2D eigenvalue weighted by Crippen LogP contribution is -2.30. The molecular formula is C19H24F2O. The third kappa shape index (κ3) is 3.56. The molecule has 3 heteroatoms. The highest BCUT2D eigenvalue weighted by Crippen LogP contribution is 2.48. The summed E-state index contributed by atoms with van der Waals surface area (Å²) in [5.41, 5.74) is 0.832. The van der Waals surface area contributed by atoms with Crippen LogP contribution in [0.25, 0.3) is 0 Å². The van der Waals surface area contributed by atoms with Crippen molar-refractivity contribution >= 4 is 6.29 Å². The van der Waals surface area contributed by atoms with E-state index in [2.05, 4.69) is 0 Å². The average molecular weight is 306 g/mol. The molecule has 120 valence electrons. The van der Waals surface area contributed by atoms with Gasteiger partial charge in [-0.1, -0.05) is 6.42 Å². The van der Waals surface area contributed by atoms with Crippen LogP contribution in [0.3, 0.4) is 0 Å². The Morgan fingerprint density at radius 3 is 2.36 bits per heavy atom. The maximum Gasteiger partial charge on any atom is 0.126 e. The third-order valence-corrected chi connectivity index (χ3v) is 5.77. The van der Waals surface area contributed by atoms with Crippen molar-refractivity contribution < 1.29 is 13.6 Å². The SMILES string of the molecule is O=CCCC1CCC2CC(c3cc(F)cc(F)c3)CCC2C1. The highest BCUT2D eigenvalue weighted by molar-refractivity contribution is 5.49. The number of carbonyl (C=O) groups excluding carboxylic acids is 1. The van der Waals surface area contributed by atoms with E-state index in [9.17, 15) is 13.6 Å². The molecule has 1 nitrogen and oxygen atoms in total. The summed E-state index contributed by atoms with van der Waals surface area (Å²) in [6.07, 6.45) is 9.66. The number of fused-ring (bicyclic) bond motifs is 1. The second-order valence-electron chi connectivity index (χ2n) is 7.16. The van der Waals surface area contributed by atoms with Crippen molar-refractivity contribution in [3.63, 3.8) is 0 Å². The van der Waals surface area contributed by atoms with Crippen molar-refractivity contribution in [2.24, 2.45) is 17.8 Å². The van der Waals surface area contributed by atoms with Gasteiger partial charge in [0.05, 0.1) is 0 Å². The number of aldehydes is 1. The van der Waals surface area contributed by atoms with Gasteiger partial charge in [-0.15, -0.1) is 0 Å². The van der Waals surface area contributed by atoms with Gasteiger partial charge in [0, 0.05) is 12.5 Å². The van der Waals surface area contributed by atoms with Crippen molar-refractivity contribution in [2.75, 3.05) is 0 Å². The molecule has 0 spiro atoms. The Morgan fingerprint density at radius 2 is 1.64 bits per heavy atom. The van der Waals surface area contributed by atoms with Crippen molar-refractivity contribution in [1.82, 2.24) is 0 Å². The molecule has 0 amide bonds. The summed E-state index contributed by atoms with van der Waals surface area (Å²) in [5, 5.41) is 0. The average Bonchev–Trinajstić information content (AvgIpc) is 2.51. The molecule has 3 rings (SSSR count). The minimum absolute atomic E-state index is 0.304. The Morgan fingerprint density at radius 1 is 0.955 bits per heavy atom. The van der Waals surface area contributed by atoms with Crippen LogP contribution < -0.4 is 0 Å². The van der Waals surface area contributed by atoms with Gasteiger partial charge in [-0.25, -0.2) is 8.78 Å². The van der Waals surface area contributed by atoms with Crippen molar-refractivity contribution in [1.29, 1.82) is 0 Å². The van der Waals surface area contributed by atoms with Gasteiger partial charge in [0.2, 0.25) is 0 Å². The summed E-state index contributed by atoms with van der Waals surface area (Å²) in [7, 11) is 0. The maximum atomic E-state index is 13.4. The zero-order valence-electron chi connectivity index (χ0n) is 12.9. The van der Waals surface area contributed by atoms with E-state index in [0.29, 0.717) is 24.2 Å². The molecule has 0 aliphatic heterocycles. The van der Waals surface area contributed by atoms with Gasteiger partial charge in [0.25, 0.3) is 0 Å². The lowest BCUT2D eigenvalue weighted by molar-refractivity contribution is -0.108. The molecule has 4 unspecified atom stereocenters. The van der Waals surface area contributed by atoms with Crippen molar-refractivity contribution in [2.45, 2.75) is 57.3 Å². The lowest BCUT2D eigenvalue weighted by atomic mass is 9.63. The quantitative estimate of drug-likeness (QED) is 0.695. The summed E-state index contributed by atoms with van der Waals surface area (Å²) in [6, 6.07) is 3.96. The molecule has 4 atom stereocenters. The molecule has 0 saturated heterocycles. The van der Waals surface area contributed by atoms with Crippen LogP contribution in [0.5, 0.6) is 0 Å². The van der Waals surface area contributed by atoms with E-state index in [1.807, 2.05) is 0 Å². The molecule has 2 saturated carbocycles. The second kappa shape index (κ2) is 6.89. The number of rotatable bonds is 4. The van der Waals surface area contributed by atoms with Crippen LogP contribution in [-0.4, -0.2) is 6.29 Å². The zero-order valence-corrected chi connectivity index (χ0v) is 12.9. The molecule has 0 bridgehead atoms. The number of carbonyl (C=O) groups is 1. The number of hydrogen-bond acceptors (Lipinski definition) is 1. The van der Waals surface area contributed by atoms with Crippen LogP contribution in [0.1, 0.15) is 62.8 Å². The summed E-state index contributed by atoms with van der Waals surface area (Å²) < 4.78 is 26.8. The van der Waals surface area contributed by atoms with E-state index in [-0.39, 0.29) is 0 Å². The van der Waals surface area contributed by atoms with E-state index in [4.69, 9.17) is 0 Å². The van der Waals surface area contributed by atoms with Gasteiger partial charge in [0.15, 0.2) is 0 Å². The van der Waals surface area contributed by atoms with Gasteiger partial charge in [-0.3, -0.25) is 0 Å². The van der Waals surface area contributed by atoms with Gasteiger partial charge >= 0.3 is 0 Å². The largest absolute Gasteiger partial charge is 0.303 e. The first kappa shape index (κ1) is 15.6. The standard InChI is InChI=1S/C19H24F2O/c20-18-10-17(11-19(21)12-18)16-6-5-14-8-13(2-1-7-22)3-4-15(14)9-16/h7,10-16H,1-6,8-9H2. The molecule has 22 heavy (non-hydrogen) atoms. The Kier molecular flexibility index (Phi) is 4.90. The molecule has 2 fully saturated rings. The van der Waals surface area contributed by atoms with Crippen molar-refractivity contribution in [3.8, 4) is 0 Å². The molecule has 0 aromatic heterocycles.